The molecule has 0 aliphatic rings. The first kappa shape index (κ1) is 14.3. The molecule has 1 rings (SSSR count). The smallest absolute Gasteiger partial charge is 0.0111 e. The first-order valence-corrected chi connectivity index (χ1v) is 6.93. The molecule has 0 bridgehead atoms. The summed E-state index contributed by atoms with van der Waals surface area (Å²) in [6.07, 6.45) is 2.40. The second-order valence-corrected chi connectivity index (χ2v) is 6.64. The summed E-state index contributed by atoms with van der Waals surface area (Å²) >= 11 is 0. The Bertz CT molecular complexity index is 324. The third kappa shape index (κ3) is 4.18. The number of hydrogen-bond acceptors (Lipinski definition) is 0. The number of benzene rings is 1. The molecular weight excluding hydrogens is 204 g/mol. The monoisotopic (exact) mass is 232 g/mol. The van der Waals surface area contributed by atoms with Crippen LogP contribution in [0.25, 0.3) is 0 Å². The van der Waals surface area contributed by atoms with Crippen molar-refractivity contribution in [3.05, 3.63) is 35.4 Å². The van der Waals surface area contributed by atoms with E-state index in [1.165, 1.54) is 17.5 Å². The lowest BCUT2D eigenvalue weighted by molar-refractivity contribution is 0.280. The summed E-state index contributed by atoms with van der Waals surface area (Å²) in [7, 11) is 0. The molecule has 1 aromatic carbocycles. The van der Waals surface area contributed by atoms with Crippen LogP contribution in [0.4, 0.5) is 0 Å². The number of hydrogen-bond donors (Lipinski definition) is 0. The van der Waals surface area contributed by atoms with Crippen molar-refractivity contribution in [2.75, 3.05) is 0 Å². The summed E-state index contributed by atoms with van der Waals surface area (Å²) in [5.74, 6) is 1.42. The van der Waals surface area contributed by atoms with Crippen LogP contribution in [0.2, 0.25) is 0 Å². The molecule has 1 aromatic rings. The fourth-order valence-electron chi connectivity index (χ4n) is 2.45. The zero-order valence-corrected chi connectivity index (χ0v) is 12.4. The molecule has 0 heteroatoms. The zero-order valence-electron chi connectivity index (χ0n) is 12.4. The topological polar surface area (TPSA) is 0 Å². The predicted octanol–water partition coefficient (Wildman–Crippen LogP) is 5.42. The Labute approximate surface area is 107 Å². The van der Waals surface area contributed by atoms with E-state index < -0.39 is 0 Å². The first-order chi connectivity index (χ1) is 7.84. The zero-order chi connectivity index (χ0) is 13.1. The summed E-state index contributed by atoms with van der Waals surface area (Å²) in [4.78, 5) is 0. The quantitative estimate of drug-likeness (QED) is 0.650. The van der Waals surface area contributed by atoms with Gasteiger partial charge in [0.25, 0.3) is 0 Å². The lowest BCUT2D eigenvalue weighted by Crippen LogP contribution is -2.20. The SMILES string of the molecule is CCc1ccc(C(CC(C)C)C(C)(C)C)cc1. The van der Waals surface area contributed by atoms with Gasteiger partial charge < -0.3 is 0 Å². The highest BCUT2D eigenvalue weighted by Crippen LogP contribution is 2.39. The van der Waals surface area contributed by atoms with Crippen molar-refractivity contribution >= 4 is 0 Å². The van der Waals surface area contributed by atoms with E-state index in [0.717, 1.165) is 12.3 Å². The van der Waals surface area contributed by atoms with Crippen LogP contribution in [-0.2, 0) is 6.42 Å². The summed E-state index contributed by atoms with van der Waals surface area (Å²) in [5, 5.41) is 0. The van der Waals surface area contributed by atoms with Gasteiger partial charge >= 0.3 is 0 Å². The number of aryl methyl sites for hydroxylation is 1. The van der Waals surface area contributed by atoms with Gasteiger partial charge in [0.1, 0.15) is 0 Å². The van der Waals surface area contributed by atoms with Crippen LogP contribution in [0.5, 0.6) is 0 Å². The molecule has 0 nitrogen and oxygen atoms in total. The average Bonchev–Trinajstić information content (AvgIpc) is 2.24. The van der Waals surface area contributed by atoms with Gasteiger partial charge in [0, 0.05) is 0 Å². The van der Waals surface area contributed by atoms with E-state index >= 15 is 0 Å². The van der Waals surface area contributed by atoms with Crippen LogP contribution in [0.3, 0.4) is 0 Å². The Morgan fingerprint density at radius 2 is 1.53 bits per heavy atom. The molecule has 0 N–H and O–H groups in total. The fourth-order valence-corrected chi connectivity index (χ4v) is 2.45. The van der Waals surface area contributed by atoms with Gasteiger partial charge in [-0.2, -0.15) is 0 Å². The fraction of sp³-hybridized carbons (Fsp3) is 0.647. The third-order valence-corrected chi connectivity index (χ3v) is 3.54. The minimum absolute atomic E-state index is 0.345. The Kier molecular flexibility index (Phi) is 4.80. The molecule has 1 unspecified atom stereocenters. The molecule has 0 aromatic heterocycles. The largest absolute Gasteiger partial charge is 0.0628 e. The van der Waals surface area contributed by atoms with Crippen molar-refractivity contribution in [1.82, 2.24) is 0 Å². The predicted molar refractivity (Wildman–Crippen MR) is 77.5 cm³/mol. The highest BCUT2D eigenvalue weighted by atomic mass is 14.3. The Morgan fingerprint density at radius 3 is 1.88 bits per heavy atom. The second-order valence-electron chi connectivity index (χ2n) is 6.64. The molecule has 0 fully saturated rings. The molecule has 1 atom stereocenters. The first-order valence-electron chi connectivity index (χ1n) is 6.93. The van der Waals surface area contributed by atoms with E-state index in [1.54, 1.807) is 0 Å². The van der Waals surface area contributed by atoms with Crippen molar-refractivity contribution in [2.24, 2.45) is 11.3 Å². The van der Waals surface area contributed by atoms with Gasteiger partial charge in [-0.15, -0.1) is 0 Å². The van der Waals surface area contributed by atoms with Crippen molar-refractivity contribution < 1.29 is 0 Å². The van der Waals surface area contributed by atoms with E-state index in [1.807, 2.05) is 0 Å². The molecular formula is C17H28. The van der Waals surface area contributed by atoms with E-state index in [9.17, 15) is 0 Å². The highest BCUT2D eigenvalue weighted by Gasteiger charge is 2.26. The van der Waals surface area contributed by atoms with Crippen molar-refractivity contribution in [1.29, 1.82) is 0 Å². The van der Waals surface area contributed by atoms with E-state index in [0.29, 0.717) is 11.3 Å². The summed E-state index contributed by atoms with van der Waals surface area (Å²) < 4.78 is 0. The van der Waals surface area contributed by atoms with Crippen molar-refractivity contribution in [3.8, 4) is 0 Å². The lowest BCUT2D eigenvalue weighted by atomic mass is 9.72. The average molecular weight is 232 g/mol. The van der Waals surface area contributed by atoms with E-state index in [2.05, 4.69) is 65.8 Å². The van der Waals surface area contributed by atoms with E-state index in [4.69, 9.17) is 0 Å². The standard InChI is InChI=1S/C17H28/c1-7-14-8-10-15(11-9-14)16(12-13(2)3)17(4,5)6/h8-11,13,16H,7,12H2,1-6H3. The summed E-state index contributed by atoms with van der Waals surface area (Å²) in [6, 6.07) is 9.23. The number of rotatable bonds is 4. The minimum Gasteiger partial charge on any atom is -0.0628 e. The van der Waals surface area contributed by atoms with Gasteiger partial charge in [-0.3, -0.25) is 0 Å². The Morgan fingerprint density at radius 1 is 1.00 bits per heavy atom. The molecule has 0 aliphatic heterocycles. The molecule has 0 heterocycles. The van der Waals surface area contributed by atoms with Crippen LogP contribution in [0.15, 0.2) is 24.3 Å². The van der Waals surface area contributed by atoms with Crippen LogP contribution in [0.1, 0.15) is 65.0 Å². The Balaban J connectivity index is 2.96. The molecule has 17 heavy (non-hydrogen) atoms. The maximum atomic E-state index is 2.35. The van der Waals surface area contributed by atoms with Crippen molar-refractivity contribution in [2.45, 2.75) is 60.3 Å². The molecule has 0 radical (unpaired) electrons. The molecule has 0 saturated heterocycles. The summed E-state index contributed by atoms with van der Waals surface area (Å²) in [6.45, 7) is 13.9. The van der Waals surface area contributed by atoms with Crippen LogP contribution in [-0.4, -0.2) is 0 Å². The maximum absolute atomic E-state index is 2.35. The molecule has 96 valence electrons. The van der Waals surface area contributed by atoms with Gasteiger partial charge in [0.2, 0.25) is 0 Å². The third-order valence-electron chi connectivity index (χ3n) is 3.54. The normalized spacial score (nSPS) is 14.1. The second kappa shape index (κ2) is 5.71. The van der Waals surface area contributed by atoms with Crippen molar-refractivity contribution in [3.63, 3.8) is 0 Å². The highest BCUT2D eigenvalue weighted by molar-refractivity contribution is 5.26. The molecule has 0 spiro atoms. The van der Waals surface area contributed by atoms with Crippen LogP contribution in [0, 0.1) is 11.3 Å². The van der Waals surface area contributed by atoms with Gasteiger partial charge in [0.15, 0.2) is 0 Å². The van der Waals surface area contributed by atoms with Crippen LogP contribution < -0.4 is 0 Å². The van der Waals surface area contributed by atoms with Gasteiger partial charge in [-0.1, -0.05) is 65.8 Å². The molecule has 0 aliphatic carbocycles. The lowest BCUT2D eigenvalue weighted by Gasteiger charge is -2.32. The summed E-state index contributed by atoms with van der Waals surface area (Å²) in [5.41, 5.74) is 3.28. The minimum atomic E-state index is 0.345. The van der Waals surface area contributed by atoms with Gasteiger partial charge in [0.05, 0.1) is 0 Å². The van der Waals surface area contributed by atoms with Gasteiger partial charge in [-0.25, -0.2) is 0 Å². The van der Waals surface area contributed by atoms with Gasteiger partial charge in [-0.05, 0) is 41.2 Å². The van der Waals surface area contributed by atoms with E-state index in [-0.39, 0.29) is 0 Å². The molecule has 0 saturated carbocycles. The van der Waals surface area contributed by atoms with Crippen LogP contribution >= 0.6 is 0 Å². The maximum Gasteiger partial charge on any atom is -0.0111 e. The molecule has 0 amide bonds. The Hall–Kier alpha value is -0.780.